The van der Waals surface area contributed by atoms with Crippen molar-refractivity contribution in [2.45, 2.75) is 102 Å². The molecule has 6 atom stereocenters. The predicted molar refractivity (Wildman–Crippen MR) is 240 cm³/mol. The second-order valence-electron chi connectivity index (χ2n) is 21.6. The highest BCUT2D eigenvalue weighted by Gasteiger charge is 2.84. The first-order valence-corrected chi connectivity index (χ1v) is 22.5. The zero-order chi connectivity index (χ0) is 39.1. The summed E-state index contributed by atoms with van der Waals surface area (Å²) in [6.07, 6.45) is 8.17. The lowest BCUT2D eigenvalue weighted by molar-refractivity contribution is -0.231. The average molecular weight is 754 g/mol. The first-order valence-electron chi connectivity index (χ1n) is 22.5. The summed E-state index contributed by atoms with van der Waals surface area (Å²) in [5.41, 5.74) is 22.3. The van der Waals surface area contributed by atoms with E-state index in [1.807, 2.05) is 0 Å². The van der Waals surface area contributed by atoms with Crippen LogP contribution in [0.5, 0.6) is 0 Å². The lowest BCUT2D eigenvalue weighted by Gasteiger charge is -2.76. The lowest BCUT2D eigenvalue weighted by Crippen LogP contribution is -2.73. The fourth-order valence-corrected chi connectivity index (χ4v) is 15.5. The van der Waals surface area contributed by atoms with Crippen LogP contribution in [0, 0.1) is 29.1 Å². The molecule has 6 aromatic carbocycles. The number of fused-ring (bicyclic) bond motifs is 12. The van der Waals surface area contributed by atoms with Crippen molar-refractivity contribution in [2.24, 2.45) is 29.1 Å². The molecule has 6 unspecified atom stereocenters. The number of hydrogen-bond donors (Lipinski definition) is 0. The largest absolute Gasteiger partial charge is 0.310 e. The van der Waals surface area contributed by atoms with Gasteiger partial charge in [-0.3, -0.25) is 0 Å². The van der Waals surface area contributed by atoms with E-state index in [0.29, 0.717) is 5.41 Å². The Kier molecular flexibility index (Phi) is 6.36. The van der Waals surface area contributed by atoms with Crippen LogP contribution in [0.4, 0.5) is 17.1 Å². The van der Waals surface area contributed by atoms with Crippen molar-refractivity contribution >= 4 is 17.1 Å². The molecular weight excluding hydrogens is 699 g/mol. The summed E-state index contributed by atoms with van der Waals surface area (Å²) in [7, 11) is 0. The summed E-state index contributed by atoms with van der Waals surface area (Å²) < 4.78 is 0. The van der Waals surface area contributed by atoms with Gasteiger partial charge in [-0.25, -0.2) is 0 Å². The van der Waals surface area contributed by atoms with Crippen molar-refractivity contribution in [2.75, 3.05) is 4.90 Å². The maximum absolute atomic E-state index is 2.74. The van der Waals surface area contributed by atoms with E-state index in [2.05, 4.69) is 174 Å². The van der Waals surface area contributed by atoms with Crippen LogP contribution in [0.1, 0.15) is 113 Å². The molecule has 7 aliphatic rings. The molecular formula is C57H55N. The van der Waals surface area contributed by atoms with Crippen molar-refractivity contribution < 1.29 is 0 Å². The van der Waals surface area contributed by atoms with Gasteiger partial charge in [-0.15, -0.1) is 0 Å². The van der Waals surface area contributed by atoms with Crippen LogP contribution in [-0.4, -0.2) is 0 Å². The third kappa shape index (κ3) is 3.87. The summed E-state index contributed by atoms with van der Waals surface area (Å²) >= 11 is 0. The van der Waals surface area contributed by atoms with Gasteiger partial charge in [0.05, 0.1) is 11.4 Å². The van der Waals surface area contributed by atoms with Crippen molar-refractivity contribution in [3.63, 3.8) is 0 Å². The molecule has 0 saturated heterocycles. The third-order valence-corrected chi connectivity index (χ3v) is 18.0. The topological polar surface area (TPSA) is 3.24 Å². The van der Waals surface area contributed by atoms with E-state index in [1.165, 1.54) is 111 Å². The predicted octanol–water partition coefficient (Wildman–Crippen LogP) is 14.8. The Bertz CT molecular complexity index is 2760. The maximum Gasteiger partial charge on any atom is 0.0543 e. The molecule has 1 heteroatoms. The van der Waals surface area contributed by atoms with Crippen LogP contribution >= 0.6 is 0 Å². The van der Waals surface area contributed by atoms with Crippen molar-refractivity contribution in [1.29, 1.82) is 0 Å². The highest BCUT2D eigenvalue weighted by molar-refractivity contribution is 5.98. The summed E-state index contributed by atoms with van der Waals surface area (Å²) in [5, 5.41) is 0. The van der Waals surface area contributed by atoms with Crippen LogP contribution in [0.15, 0.2) is 127 Å². The van der Waals surface area contributed by atoms with E-state index < -0.39 is 0 Å². The summed E-state index contributed by atoms with van der Waals surface area (Å²) in [5.74, 6) is 3.38. The van der Waals surface area contributed by atoms with Crippen LogP contribution in [0.25, 0.3) is 33.4 Å². The summed E-state index contributed by atoms with van der Waals surface area (Å²) in [6, 6.07) is 50.1. The summed E-state index contributed by atoms with van der Waals surface area (Å²) in [4.78, 5) is 2.74. The Balaban J connectivity index is 1.09. The van der Waals surface area contributed by atoms with Gasteiger partial charge in [0, 0.05) is 22.1 Å². The minimum Gasteiger partial charge on any atom is -0.310 e. The van der Waals surface area contributed by atoms with Gasteiger partial charge < -0.3 is 4.90 Å². The molecule has 4 fully saturated rings. The molecule has 1 nitrogen and oxygen atoms in total. The Morgan fingerprint density at radius 3 is 2.02 bits per heavy atom. The molecule has 13 rings (SSSR count). The Morgan fingerprint density at radius 1 is 0.500 bits per heavy atom. The van der Waals surface area contributed by atoms with Crippen LogP contribution in [-0.2, 0) is 21.7 Å². The van der Waals surface area contributed by atoms with Gasteiger partial charge in [-0.1, -0.05) is 139 Å². The third-order valence-electron chi connectivity index (χ3n) is 18.0. The van der Waals surface area contributed by atoms with Gasteiger partial charge in [0.2, 0.25) is 0 Å². The van der Waals surface area contributed by atoms with Crippen molar-refractivity contribution in [3.05, 3.63) is 161 Å². The molecule has 288 valence electrons. The summed E-state index contributed by atoms with van der Waals surface area (Å²) in [6.45, 7) is 14.8. The SMILES string of the molecule is CC1(C)CCC(C)(C)c2c(N(c3ccc4c(c3)C(C)(C)c3ccccc3-4)c3cccc4c3-c3ccc(-c5ccccc5)cc3C43C4CC5CC6CC3C64C5)cccc21. The molecule has 7 aliphatic carbocycles. The molecule has 2 spiro atoms. The first-order chi connectivity index (χ1) is 28.0. The molecule has 0 aliphatic heterocycles. The Labute approximate surface area is 345 Å². The molecule has 0 radical (unpaired) electrons. The van der Waals surface area contributed by atoms with Gasteiger partial charge >= 0.3 is 0 Å². The minimum absolute atomic E-state index is 0.0397. The molecule has 0 amide bonds. The molecule has 4 saturated carbocycles. The van der Waals surface area contributed by atoms with Crippen molar-refractivity contribution in [1.82, 2.24) is 0 Å². The van der Waals surface area contributed by atoms with Gasteiger partial charge in [0.15, 0.2) is 0 Å². The Morgan fingerprint density at radius 2 is 1.19 bits per heavy atom. The first kappa shape index (κ1) is 34.0. The maximum atomic E-state index is 2.74. The average Bonchev–Trinajstić information content (AvgIpc) is 3.92. The normalized spacial score (nSPS) is 29.7. The van der Waals surface area contributed by atoms with Crippen molar-refractivity contribution in [3.8, 4) is 33.4 Å². The highest BCUT2D eigenvalue weighted by atomic mass is 15.2. The number of rotatable bonds is 4. The Hall–Kier alpha value is -4.88. The molecule has 0 aromatic heterocycles. The zero-order valence-electron chi connectivity index (χ0n) is 35.1. The number of nitrogens with zero attached hydrogens (tertiary/aromatic N) is 1. The fraction of sp³-hybridized carbons (Fsp3) is 0.368. The standard InChI is InChI=1S/C57H55N/c1-53(2)26-27-54(3,4)52-44(53)19-13-21-48(52)58(38-23-25-40-39-16-10-11-17-42(39)55(5,6)45(40)32-38)47-20-12-18-43-51(47)41-24-22-36(35-14-8-7-9-15-35)30-46(41)57(43)49-29-34-28-37-31-50(57)56(37,49)33-34/h7-25,30,32,34,37,49-50H,26-29,31,33H2,1-6H3. The smallest absolute Gasteiger partial charge is 0.0543 e. The zero-order valence-corrected chi connectivity index (χ0v) is 35.1. The van der Waals surface area contributed by atoms with E-state index in [1.54, 1.807) is 11.1 Å². The monoisotopic (exact) mass is 753 g/mol. The quantitative estimate of drug-likeness (QED) is 0.173. The molecule has 0 N–H and O–H groups in total. The van der Waals surface area contributed by atoms with E-state index in [9.17, 15) is 0 Å². The van der Waals surface area contributed by atoms with E-state index in [4.69, 9.17) is 0 Å². The number of anilines is 3. The van der Waals surface area contributed by atoms with E-state index in [-0.39, 0.29) is 21.7 Å². The second kappa shape index (κ2) is 10.8. The molecule has 58 heavy (non-hydrogen) atoms. The number of hydrogen-bond acceptors (Lipinski definition) is 1. The van der Waals surface area contributed by atoms with Gasteiger partial charge in [0.1, 0.15) is 0 Å². The van der Waals surface area contributed by atoms with Crippen LogP contribution in [0.2, 0.25) is 0 Å². The van der Waals surface area contributed by atoms with E-state index >= 15 is 0 Å². The minimum atomic E-state index is -0.0864. The number of benzene rings is 6. The van der Waals surface area contributed by atoms with Crippen LogP contribution in [0.3, 0.4) is 0 Å². The fourth-order valence-electron chi connectivity index (χ4n) is 15.5. The second-order valence-corrected chi connectivity index (χ2v) is 21.6. The van der Waals surface area contributed by atoms with Gasteiger partial charge in [-0.2, -0.15) is 0 Å². The lowest BCUT2D eigenvalue weighted by atomic mass is 9.27. The van der Waals surface area contributed by atoms with Gasteiger partial charge in [-0.05, 0) is 170 Å². The molecule has 6 aromatic rings. The van der Waals surface area contributed by atoms with Crippen LogP contribution < -0.4 is 4.90 Å². The van der Waals surface area contributed by atoms with Gasteiger partial charge in [0.25, 0.3) is 0 Å². The molecule has 2 bridgehead atoms. The molecule has 0 heterocycles. The van der Waals surface area contributed by atoms with E-state index in [0.717, 1.165) is 23.7 Å². The highest BCUT2D eigenvalue weighted by Crippen LogP contribution is 2.90.